The number of piperazine rings is 1. The summed E-state index contributed by atoms with van der Waals surface area (Å²) in [6.07, 6.45) is 1.07. The van der Waals surface area contributed by atoms with Crippen molar-refractivity contribution in [3.63, 3.8) is 0 Å². The molecule has 6 nitrogen and oxygen atoms in total. The molecule has 2 heterocycles. The first kappa shape index (κ1) is 16.5. The third-order valence-electron chi connectivity index (χ3n) is 3.42. The van der Waals surface area contributed by atoms with E-state index in [0.29, 0.717) is 31.1 Å². The molecule has 22 heavy (non-hydrogen) atoms. The molecule has 0 aliphatic carbocycles. The second-order valence-electron chi connectivity index (χ2n) is 6.47. The van der Waals surface area contributed by atoms with Gasteiger partial charge in [-0.1, -0.05) is 0 Å². The maximum Gasteiger partial charge on any atom is 0.410 e. The van der Waals surface area contributed by atoms with Crippen LogP contribution in [0.15, 0.2) is 12.4 Å². The summed E-state index contributed by atoms with van der Waals surface area (Å²) in [6, 6.07) is 1.73. The summed E-state index contributed by atoms with van der Waals surface area (Å²) >= 11 is 0. The molecule has 0 bridgehead atoms. The summed E-state index contributed by atoms with van der Waals surface area (Å²) in [4.78, 5) is 23.9. The highest BCUT2D eigenvalue weighted by Crippen LogP contribution is 2.20. The number of aromatic nitrogens is 2. The highest BCUT2D eigenvalue weighted by Gasteiger charge is 2.30. The zero-order valence-corrected chi connectivity index (χ0v) is 13.5. The number of amides is 1. The normalized spacial score (nSPS) is 19.2. The fourth-order valence-corrected chi connectivity index (χ4v) is 2.41. The van der Waals surface area contributed by atoms with E-state index in [1.165, 1.54) is 6.33 Å². The van der Waals surface area contributed by atoms with Crippen molar-refractivity contribution in [3.05, 3.63) is 18.1 Å². The van der Waals surface area contributed by atoms with Gasteiger partial charge in [0.2, 0.25) is 0 Å². The Hall–Kier alpha value is -1.92. The van der Waals surface area contributed by atoms with E-state index in [1.54, 1.807) is 11.0 Å². The maximum atomic E-state index is 12.7. The van der Waals surface area contributed by atoms with Gasteiger partial charge in [-0.05, 0) is 27.7 Å². The number of hydrogen-bond acceptors (Lipinski definition) is 5. The van der Waals surface area contributed by atoms with Gasteiger partial charge in [0.15, 0.2) is 0 Å². The number of anilines is 1. The Kier molecular flexibility index (Phi) is 4.83. The molecule has 0 radical (unpaired) electrons. The van der Waals surface area contributed by atoms with Gasteiger partial charge >= 0.3 is 6.09 Å². The van der Waals surface area contributed by atoms with Gasteiger partial charge in [0.1, 0.15) is 24.4 Å². The minimum atomic E-state index is -0.609. The number of nitrogens with zero attached hydrogens (tertiary/aromatic N) is 4. The lowest BCUT2D eigenvalue weighted by Gasteiger charge is -2.40. The molecule has 1 amide bonds. The molecule has 1 aliphatic heterocycles. The first-order valence-electron chi connectivity index (χ1n) is 7.41. The first-order chi connectivity index (χ1) is 10.3. The minimum absolute atomic E-state index is 0.0728. The summed E-state index contributed by atoms with van der Waals surface area (Å²) in [6.45, 7) is 8.68. The molecule has 7 heteroatoms. The number of ether oxygens (including phenoxy) is 1. The molecule has 1 aromatic rings. The van der Waals surface area contributed by atoms with Gasteiger partial charge in [-0.2, -0.15) is 0 Å². The molecule has 1 atom stereocenters. The molecular weight excluding hydrogens is 287 g/mol. The van der Waals surface area contributed by atoms with Crippen molar-refractivity contribution in [3.8, 4) is 0 Å². The molecule has 1 fully saturated rings. The van der Waals surface area contributed by atoms with Crippen LogP contribution in [-0.4, -0.2) is 52.2 Å². The monoisotopic (exact) mass is 310 g/mol. The van der Waals surface area contributed by atoms with Crippen LogP contribution in [0.5, 0.6) is 0 Å². The summed E-state index contributed by atoms with van der Waals surface area (Å²) in [5.74, 6) is 0.694. The number of alkyl halides is 1. The molecule has 2 rings (SSSR count). The second-order valence-corrected chi connectivity index (χ2v) is 6.47. The number of carbonyl (C=O) groups excluding carboxylic acids is 1. The molecule has 0 N–H and O–H groups in total. The fourth-order valence-electron chi connectivity index (χ4n) is 2.41. The zero-order chi connectivity index (χ0) is 16.3. The van der Waals surface area contributed by atoms with Crippen molar-refractivity contribution in [2.45, 2.75) is 46.0 Å². The number of rotatable bonds is 2. The van der Waals surface area contributed by atoms with Crippen LogP contribution in [0.2, 0.25) is 0 Å². The van der Waals surface area contributed by atoms with Gasteiger partial charge in [0.25, 0.3) is 0 Å². The number of carbonyl (C=O) groups is 1. The second kappa shape index (κ2) is 6.46. The molecule has 1 aromatic heterocycles. The van der Waals surface area contributed by atoms with Crippen LogP contribution in [0.25, 0.3) is 0 Å². The van der Waals surface area contributed by atoms with E-state index < -0.39 is 12.3 Å². The molecule has 0 spiro atoms. The van der Waals surface area contributed by atoms with Crippen LogP contribution in [0.4, 0.5) is 15.0 Å². The number of halogens is 1. The van der Waals surface area contributed by atoms with Crippen molar-refractivity contribution in [2.75, 3.05) is 24.5 Å². The van der Waals surface area contributed by atoms with E-state index in [4.69, 9.17) is 4.74 Å². The summed E-state index contributed by atoms with van der Waals surface area (Å²) in [5, 5.41) is 0. The standard InChI is InChI=1S/C15H23FN4O2/c1-11-9-19(14(21)22-15(2,3)4)5-6-20(11)13-7-12(8-16)17-10-18-13/h7,10-11H,5-6,8-9H2,1-4H3/t11-/m0/s1. The predicted octanol–water partition coefficient (Wildman–Crippen LogP) is 2.39. The van der Waals surface area contributed by atoms with Crippen LogP contribution in [0, 0.1) is 0 Å². The van der Waals surface area contributed by atoms with E-state index in [0.717, 1.165) is 0 Å². The Morgan fingerprint density at radius 3 is 2.73 bits per heavy atom. The van der Waals surface area contributed by atoms with Gasteiger partial charge in [0, 0.05) is 31.7 Å². The molecule has 1 aliphatic rings. The third-order valence-corrected chi connectivity index (χ3v) is 3.42. The quantitative estimate of drug-likeness (QED) is 0.839. The van der Waals surface area contributed by atoms with Gasteiger partial charge in [-0.25, -0.2) is 19.2 Å². The Morgan fingerprint density at radius 2 is 2.14 bits per heavy atom. The van der Waals surface area contributed by atoms with E-state index >= 15 is 0 Å². The average molecular weight is 310 g/mol. The Balaban J connectivity index is 2.02. The topological polar surface area (TPSA) is 58.6 Å². The smallest absolute Gasteiger partial charge is 0.410 e. The lowest BCUT2D eigenvalue weighted by atomic mass is 10.2. The first-order valence-corrected chi connectivity index (χ1v) is 7.41. The van der Waals surface area contributed by atoms with Crippen molar-refractivity contribution >= 4 is 11.9 Å². The maximum absolute atomic E-state index is 12.7. The van der Waals surface area contributed by atoms with E-state index in [1.807, 2.05) is 27.7 Å². The Labute approximate surface area is 130 Å². The van der Waals surface area contributed by atoms with Crippen LogP contribution in [0.3, 0.4) is 0 Å². The zero-order valence-electron chi connectivity index (χ0n) is 13.5. The summed E-state index contributed by atoms with van der Waals surface area (Å²) in [7, 11) is 0. The Morgan fingerprint density at radius 1 is 1.41 bits per heavy atom. The van der Waals surface area contributed by atoms with E-state index in [9.17, 15) is 9.18 Å². The van der Waals surface area contributed by atoms with Crippen LogP contribution >= 0.6 is 0 Å². The van der Waals surface area contributed by atoms with Gasteiger partial charge in [0.05, 0.1) is 5.69 Å². The highest BCUT2D eigenvalue weighted by molar-refractivity contribution is 5.68. The molecule has 1 saturated heterocycles. The molecule has 0 aromatic carbocycles. The van der Waals surface area contributed by atoms with E-state index in [-0.39, 0.29) is 12.1 Å². The van der Waals surface area contributed by atoms with Gasteiger partial charge < -0.3 is 14.5 Å². The fraction of sp³-hybridized carbons (Fsp3) is 0.667. The third kappa shape index (κ3) is 4.05. The molecule has 0 saturated carbocycles. The summed E-state index contributed by atoms with van der Waals surface area (Å²) < 4.78 is 18.1. The minimum Gasteiger partial charge on any atom is -0.444 e. The largest absolute Gasteiger partial charge is 0.444 e. The van der Waals surface area contributed by atoms with Crippen molar-refractivity contribution in [1.82, 2.24) is 14.9 Å². The number of hydrogen-bond donors (Lipinski definition) is 0. The molecule has 0 unspecified atom stereocenters. The van der Waals surface area contributed by atoms with Crippen LogP contribution < -0.4 is 4.90 Å². The summed E-state index contributed by atoms with van der Waals surface area (Å²) in [5.41, 5.74) is -0.132. The van der Waals surface area contributed by atoms with Crippen LogP contribution in [-0.2, 0) is 11.4 Å². The van der Waals surface area contributed by atoms with Gasteiger partial charge in [-0.3, -0.25) is 0 Å². The average Bonchev–Trinajstić information content (AvgIpc) is 2.45. The van der Waals surface area contributed by atoms with Crippen molar-refractivity contribution < 1.29 is 13.9 Å². The van der Waals surface area contributed by atoms with Crippen LogP contribution in [0.1, 0.15) is 33.4 Å². The predicted molar refractivity (Wildman–Crippen MR) is 81.5 cm³/mol. The van der Waals surface area contributed by atoms with Gasteiger partial charge in [-0.15, -0.1) is 0 Å². The SMILES string of the molecule is C[C@H]1CN(C(=O)OC(C)(C)C)CCN1c1cc(CF)ncn1. The van der Waals surface area contributed by atoms with E-state index in [2.05, 4.69) is 14.9 Å². The van der Waals surface area contributed by atoms with Crippen molar-refractivity contribution in [1.29, 1.82) is 0 Å². The molecule has 122 valence electrons. The van der Waals surface area contributed by atoms with Crippen molar-refractivity contribution in [2.24, 2.45) is 0 Å². The lowest BCUT2D eigenvalue weighted by molar-refractivity contribution is 0.0218. The Bertz CT molecular complexity index is 533. The lowest BCUT2D eigenvalue weighted by Crippen LogP contribution is -2.54. The highest BCUT2D eigenvalue weighted by atomic mass is 19.1. The molecular formula is C15H23FN4O2.